The number of aliphatic hydroxyl groups excluding tert-OH is 1. The maximum Gasteiger partial charge on any atom is 0.270 e. The lowest BCUT2D eigenvalue weighted by molar-refractivity contribution is -0.0450. The minimum Gasteiger partial charge on any atom is -0.491 e. The van der Waals surface area contributed by atoms with Crippen LogP contribution in [0.2, 0.25) is 0 Å². The third kappa shape index (κ3) is 2.62. The molecule has 120 valence electrons. The number of hydrogen-bond acceptors (Lipinski definition) is 5. The standard InChI is InChI=1S/C15H20N2O5/c1-21-14-7-16-10(6-12(14)19)15(20)17-2-3-22-13-5-9(8-18)4-11(13)17/h6-7,9,11,13,18H,2-5,8H2,1H3,(H,16,19)/t9-,11+,13+/m1/s1. The summed E-state index contributed by atoms with van der Waals surface area (Å²) in [4.78, 5) is 29.1. The summed E-state index contributed by atoms with van der Waals surface area (Å²) in [5.74, 6) is 0.132. The van der Waals surface area contributed by atoms with Gasteiger partial charge in [0.2, 0.25) is 5.43 Å². The SMILES string of the molecule is COc1c[nH]c(C(=O)N2CCO[C@H]3C[C@H](CO)C[C@@H]32)cc1=O. The van der Waals surface area contributed by atoms with Crippen LogP contribution in [0.5, 0.6) is 5.75 Å². The van der Waals surface area contributed by atoms with Crippen LogP contribution in [-0.2, 0) is 4.74 Å². The van der Waals surface area contributed by atoms with E-state index in [2.05, 4.69) is 4.98 Å². The fourth-order valence-corrected chi connectivity index (χ4v) is 3.35. The molecule has 7 nitrogen and oxygen atoms in total. The molecular weight excluding hydrogens is 288 g/mol. The molecule has 1 saturated carbocycles. The Morgan fingerprint density at radius 3 is 3.05 bits per heavy atom. The number of amides is 1. The second-order valence-electron chi connectivity index (χ2n) is 5.77. The Bertz CT molecular complexity index is 614. The van der Waals surface area contributed by atoms with Gasteiger partial charge in [-0.05, 0) is 18.8 Å². The average molecular weight is 308 g/mol. The average Bonchev–Trinajstić information content (AvgIpc) is 2.97. The van der Waals surface area contributed by atoms with E-state index in [0.717, 1.165) is 12.8 Å². The Balaban J connectivity index is 1.82. The van der Waals surface area contributed by atoms with Gasteiger partial charge in [-0.25, -0.2) is 0 Å². The van der Waals surface area contributed by atoms with Gasteiger partial charge in [-0.15, -0.1) is 0 Å². The number of ether oxygens (including phenoxy) is 2. The van der Waals surface area contributed by atoms with Crippen LogP contribution in [0.4, 0.5) is 0 Å². The van der Waals surface area contributed by atoms with Crippen molar-refractivity contribution >= 4 is 5.91 Å². The number of rotatable bonds is 3. The Morgan fingerprint density at radius 1 is 1.55 bits per heavy atom. The molecule has 1 amide bonds. The number of pyridine rings is 1. The highest BCUT2D eigenvalue weighted by atomic mass is 16.5. The first kappa shape index (κ1) is 15.1. The molecule has 0 bridgehead atoms. The molecule has 0 aromatic carbocycles. The minimum absolute atomic E-state index is 0.0279. The summed E-state index contributed by atoms with van der Waals surface area (Å²) in [6.45, 7) is 1.08. The van der Waals surface area contributed by atoms with Gasteiger partial charge in [0.05, 0.1) is 25.9 Å². The van der Waals surface area contributed by atoms with Crippen LogP contribution in [0.1, 0.15) is 23.3 Å². The molecule has 1 saturated heterocycles. The number of nitrogens with one attached hydrogen (secondary N) is 1. The van der Waals surface area contributed by atoms with Crippen molar-refractivity contribution in [1.29, 1.82) is 0 Å². The molecule has 1 aliphatic carbocycles. The predicted molar refractivity (Wildman–Crippen MR) is 78.0 cm³/mol. The Labute approximate surface area is 127 Å². The van der Waals surface area contributed by atoms with Crippen molar-refractivity contribution in [2.24, 2.45) is 5.92 Å². The lowest BCUT2D eigenvalue weighted by Gasteiger charge is -2.37. The fourth-order valence-electron chi connectivity index (χ4n) is 3.35. The smallest absolute Gasteiger partial charge is 0.270 e. The molecule has 22 heavy (non-hydrogen) atoms. The van der Waals surface area contributed by atoms with Crippen molar-refractivity contribution in [2.75, 3.05) is 26.9 Å². The van der Waals surface area contributed by atoms with E-state index in [1.807, 2.05) is 0 Å². The van der Waals surface area contributed by atoms with Gasteiger partial charge in [0.25, 0.3) is 5.91 Å². The number of carbonyl (C=O) groups excluding carboxylic acids is 1. The molecule has 0 unspecified atom stereocenters. The van der Waals surface area contributed by atoms with Gasteiger partial charge < -0.3 is 24.5 Å². The number of morpholine rings is 1. The van der Waals surface area contributed by atoms with E-state index in [1.54, 1.807) is 4.90 Å². The molecule has 2 N–H and O–H groups in total. The van der Waals surface area contributed by atoms with E-state index in [4.69, 9.17) is 9.47 Å². The number of nitrogens with zero attached hydrogens (tertiary/aromatic N) is 1. The maximum atomic E-state index is 12.7. The fraction of sp³-hybridized carbons (Fsp3) is 0.600. The van der Waals surface area contributed by atoms with Crippen LogP contribution in [0, 0.1) is 5.92 Å². The van der Waals surface area contributed by atoms with Gasteiger partial charge in [-0.1, -0.05) is 0 Å². The molecule has 2 heterocycles. The molecule has 3 atom stereocenters. The molecule has 0 radical (unpaired) electrons. The zero-order chi connectivity index (χ0) is 15.7. The zero-order valence-electron chi connectivity index (χ0n) is 12.4. The number of fused-ring (bicyclic) bond motifs is 1. The number of hydrogen-bond donors (Lipinski definition) is 2. The number of methoxy groups -OCH3 is 1. The van der Waals surface area contributed by atoms with E-state index in [9.17, 15) is 14.7 Å². The second kappa shape index (κ2) is 6.10. The summed E-state index contributed by atoms with van der Waals surface area (Å²) in [7, 11) is 1.41. The molecule has 2 aliphatic rings. The van der Waals surface area contributed by atoms with Crippen molar-refractivity contribution in [3.63, 3.8) is 0 Å². The van der Waals surface area contributed by atoms with Crippen LogP contribution in [0.3, 0.4) is 0 Å². The monoisotopic (exact) mass is 308 g/mol. The highest BCUT2D eigenvalue weighted by Gasteiger charge is 2.42. The van der Waals surface area contributed by atoms with Crippen molar-refractivity contribution in [3.8, 4) is 5.75 Å². The van der Waals surface area contributed by atoms with E-state index < -0.39 is 0 Å². The van der Waals surface area contributed by atoms with Gasteiger partial charge in [-0.2, -0.15) is 0 Å². The summed E-state index contributed by atoms with van der Waals surface area (Å²) in [6, 6.07) is 1.23. The first-order valence-corrected chi connectivity index (χ1v) is 7.44. The van der Waals surface area contributed by atoms with Crippen LogP contribution >= 0.6 is 0 Å². The van der Waals surface area contributed by atoms with Crippen LogP contribution in [-0.4, -0.2) is 59.9 Å². The summed E-state index contributed by atoms with van der Waals surface area (Å²) >= 11 is 0. The third-order valence-corrected chi connectivity index (χ3v) is 4.48. The number of carbonyl (C=O) groups is 1. The molecule has 3 rings (SSSR count). The third-order valence-electron chi connectivity index (χ3n) is 4.48. The lowest BCUT2D eigenvalue weighted by atomic mass is 10.1. The Morgan fingerprint density at radius 2 is 2.36 bits per heavy atom. The van der Waals surface area contributed by atoms with Crippen molar-refractivity contribution in [1.82, 2.24) is 9.88 Å². The number of aromatic amines is 1. The molecule has 1 aromatic rings. The quantitative estimate of drug-likeness (QED) is 0.820. The topological polar surface area (TPSA) is 91.9 Å². The van der Waals surface area contributed by atoms with Gasteiger partial charge in [0.15, 0.2) is 5.75 Å². The highest BCUT2D eigenvalue weighted by molar-refractivity contribution is 5.92. The molecule has 0 spiro atoms. The second-order valence-corrected chi connectivity index (χ2v) is 5.77. The van der Waals surface area contributed by atoms with Crippen LogP contribution in [0.25, 0.3) is 0 Å². The van der Waals surface area contributed by atoms with Crippen molar-refractivity contribution < 1.29 is 19.4 Å². The summed E-state index contributed by atoms with van der Waals surface area (Å²) in [5.41, 5.74) is -0.0760. The van der Waals surface area contributed by atoms with Crippen molar-refractivity contribution in [3.05, 3.63) is 28.2 Å². The van der Waals surface area contributed by atoms with E-state index in [1.165, 1.54) is 19.4 Å². The maximum absolute atomic E-state index is 12.7. The number of aromatic nitrogens is 1. The van der Waals surface area contributed by atoms with E-state index in [0.29, 0.717) is 13.2 Å². The highest BCUT2D eigenvalue weighted by Crippen LogP contribution is 2.34. The summed E-state index contributed by atoms with van der Waals surface area (Å²) in [6.07, 6.45) is 2.87. The summed E-state index contributed by atoms with van der Waals surface area (Å²) in [5, 5.41) is 9.33. The van der Waals surface area contributed by atoms with Crippen molar-refractivity contribution in [2.45, 2.75) is 25.0 Å². The van der Waals surface area contributed by atoms with Gasteiger partial charge >= 0.3 is 0 Å². The molecule has 2 fully saturated rings. The molecule has 1 aromatic heterocycles. The van der Waals surface area contributed by atoms with Crippen LogP contribution in [0.15, 0.2) is 17.1 Å². The van der Waals surface area contributed by atoms with E-state index >= 15 is 0 Å². The Kier molecular flexibility index (Phi) is 4.17. The normalized spacial score (nSPS) is 27.5. The minimum atomic E-state index is -0.325. The number of aliphatic hydroxyl groups is 1. The lowest BCUT2D eigenvalue weighted by Crippen LogP contribution is -2.51. The molecular formula is C15H20N2O5. The first-order chi connectivity index (χ1) is 10.6. The van der Waals surface area contributed by atoms with Gasteiger partial charge in [0, 0.05) is 25.4 Å². The van der Waals surface area contributed by atoms with Crippen LogP contribution < -0.4 is 10.2 Å². The predicted octanol–water partition coefficient (Wildman–Crippen LogP) is -0.00460. The largest absolute Gasteiger partial charge is 0.491 e. The molecule has 1 aliphatic heterocycles. The first-order valence-electron chi connectivity index (χ1n) is 7.44. The molecule has 7 heteroatoms. The Hall–Kier alpha value is -1.86. The number of H-pyrrole nitrogens is 1. The summed E-state index contributed by atoms with van der Waals surface area (Å²) < 4.78 is 10.6. The van der Waals surface area contributed by atoms with E-state index in [-0.39, 0.29) is 47.5 Å². The van der Waals surface area contributed by atoms with Gasteiger partial charge in [-0.3, -0.25) is 9.59 Å². The van der Waals surface area contributed by atoms with Gasteiger partial charge in [0.1, 0.15) is 5.69 Å². The zero-order valence-corrected chi connectivity index (χ0v) is 12.4.